The maximum Gasteiger partial charge on any atom is 0.170 e. The summed E-state index contributed by atoms with van der Waals surface area (Å²) in [4.78, 5) is 12.4. The van der Waals surface area contributed by atoms with Gasteiger partial charge in [0.1, 0.15) is 11.4 Å². The molecule has 1 aromatic carbocycles. The van der Waals surface area contributed by atoms with E-state index < -0.39 is 5.60 Å². The normalized spacial score (nSPS) is 32.9. The molecule has 1 fully saturated rings. The molecule has 1 spiro atoms. The van der Waals surface area contributed by atoms with Gasteiger partial charge >= 0.3 is 0 Å². The summed E-state index contributed by atoms with van der Waals surface area (Å²) < 4.78 is 13.1. The predicted octanol–water partition coefficient (Wildman–Crippen LogP) is 4.13. The highest BCUT2D eigenvalue weighted by molar-refractivity contribution is 9.10. The van der Waals surface area contributed by atoms with Crippen molar-refractivity contribution in [3.05, 3.63) is 28.2 Å². The summed E-state index contributed by atoms with van der Waals surface area (Å²) >= 11 is 3.44. The van der Waals surface area contributed by atoms with Gasteiger partial charge in [-0.2, -0.15) is 0 Å². The monoisotopic (exact) mass is 338 g/mol. The lowest BCUT2D eigenvalue weighted by atomic mass is 9.76. The summed E-state index contributed by atoms with van der Waals surface area (Å²) in [5, 5.41) is 0. The largest absolute Gasteiger partial charge is 0.486 e. The van der Waals surface area contributed by atoms with Crippen LogP contribution in [0.2, 0.25) is 0 Å². The molecule has 0 aromatic heterocycles. The number of hydrogen-bond acceptors (Lipinski definition) is 3. The number of hydrogen-bond donors (Lipinski definition) is 0. The van der Waals surface area contributed by atoms with E-state index in [0.29, 0.717) is 24.3 Å². The molecule has 1 saturated heterocycles. The van der Waals surface area contributed by atoms with Crippen LogP contribution in [0.3, 0.4) is 0 Å². The Balaban J connectivity index is 1.95. The molecule has 2 unspecified atom stereocenters. The molecular formula is C16H19BrO3. The molecule has 2 aliphatic rings. The van der Waals surface area contributed by atoms with Crippen molar-refractivity contribution >= 4 is 21.7 Å². The Morgan fingerprint density at radius 1 is 1.40 bits per heavy atom. The minimum absolute atomic E-state index is 0.180. The number of ether oxygens (including phenoxy) is 2. The van der Waals surface area contributed by atoms with E-state index >= 15 is 0 Å². The molecular weight excluding hydrogens is 320 g/mol. The summed E-state index contributed by atoms with van der Waals surface area (Å²) in [5.74, 6) is 0.884. The van der Waals surface area contributed by atoms with Gasteiger partial charge in [-0.25, -0.2) is 0 Å². The number of rotatable bonds is 1. The Morgan fingerprint density at radius 3 is 2.95 bits per heavy atom. The van der Waals surface area contributed by atoms with Gasteiger partial charge in [-0.05, 0) is 31.5 Å². The summed E-state index contributed by atoms with van der Waals surface area (Å²) in [7, 11) is 0. The molecule has 0 radical (unpaired) electrons. The molecule has 0 bridgehead atoms. The van der Waals surface area contributed by atoms with Crippen molar-refractivity contribution in [1.82, 2.24) is 0 Å². The van der Waals surface area contributed by atoms with Gasteiger partial charge in [-0.3, -0.25) is 4.79 Å². The quantitative estimate of drug-likeness (QED) is 0.772. The van der Waals surface area contributed by atoms with Crippen LogP contribution in [-0.4, -0.2) is 23.6 Å². The number of carbonyl (C=O) groups is 1. The van der Waals surface area contributed by atoms with Crippen molar-refractivity contribution in [2.45, 2.75) is 50.7 Å². The molecule has 108 valence electrons. The average Bonchev–Trinajstić information content (AvgIpc) is 2.37. The molecule has 20 heavy (non-hydrogen) atoms. The maximum absolute atomic E-state index is 12.4. The second-order valence-corrected chi connectivity index (χ2v) is 7.02. The van der Waals surface area contributed by atoms with Gasteiger partial charge in [-0.15, -0.1) is 0 Å². The second-order valence-electron chi connectivity index (χ2n) is 6.10. The van der Waals surface area contributed by atoms with E-state index in [0.717, 1.165) is 23.7 Å². The maximum atomic E-state index is 12.4. The summed E-state index contributed by atoms with van der Waals surface area (Å²) in [6.07, 6.45) is 2.94. The lowest BCUT2D eigenvalue weighted by Gasteiger charge is -2.47. The zero-order valence-electron chi connectivity index (χ0n) is 11.9. The van der Waals surface area contributed by atoms with Gasteiger partial charge in [0.15, 0.2) is 5.78 Å². The van der Waals surface area contributed by atoms with Crippen molar-refractivity contribution < 1.29 is 14.3 Å². The van der Waals surface area contributed by atoms with Gasteiger partial charge in [-0.1, -0.05) is 22.9 Å². The molecule has 0 saturated carbocycles. The number of ketones is 1. The average molecular weight is 339 g/mol. The van der Waals surface area contributed by atoms with E-state index in [-0.39, 0.29) is 11.4 Å². The Kier molecular flexibility index (Phi) is 3.41. The summed E-state index contributed by atoms with van der Waals surface area (Å²) in [5.41, 5.74) is 0.110. The van der Waals surface area contributed by atoms with Gasteiger partial charge in [0.2, 0.25) is 0 Å². The molecule has 2 aliphatic heterocycles. The third kappa shape index (κ3) is 2.40. The molecule has 3 nitrogen and oxygen atoms in total. The van der Waals surface area contributed by atoms with Crippen LogP contribution >= 0.6 is 15.9 Å². The topological polar surface area (TPSA) is 35.5 Å². The van der Waals surface area contributed by atoms with Crippen LogP contribution in [0.1, 0.15) is 49.9 Å². The first kappa shape index (κ1) is 14.1. The molecule has 0 aliphatic carbocycles. The van der Waals surface area contributed by atoms with Gasteiger partial charge in [0, 0.05) is 17.3 Å². The third-order valence-electron chi connectivity index (χ3n) is 4.51. The highest BCUT2D eigenvalue weighted by Gasteiger charge is 2.48. The van der Waals surface area contributed by atoms with Gasteiger partial charge < -0.3 is 9.47 Å². The fourth-order valence-corrected chi connectivity index (χ4v) is 3.58. The zero-order chi connectivity index (χ0) is 14.4. The highest BCUT2D eigenvalue weighted by atomic mass is 79.9. The SMILES string of the molecule is CCC1(C)CC2(CCO1)CC(=O)c1ccc(Br)cc1O2. The Hall–Kier alpha value is -0.870. The lowest BCUT2D eigenvalue weighted by Crippen LogP contribution is -2.53. The van der Waals surface area contributed by atoms with Crippen LogP contribution in [0.4, 0.5) is 0 Å². The second kappa shape index (κ2) is 4.85. The molecule has 1 aromatic rings. The van der Waals surface area contributed by atoms with Crippen molar-refractivity contribution in [3.8, 4) is 5.75 Å². The van der Waals surface area contributed by atoms with Crippen molar-refractivity contribution in [3.63, 3.8) is 0 Å². The summed E-state index contributed by atoms with van der Waals surface area (Å²) in [6.45, 7) is 4.88. The first-order valence-electron chi connectivity index (χ1n) is 7.11. The Morgan fingerprint density at radius 2 is 2.20 bits per heavy atom. The van der Waals surface area contributed by atoms with Crippen LogP contribution in [0.5, 0.6) is 5.75 Å². The van der Waals surface area contributed by atoms with Crippen molar-refractivity contribution in [2.75, 3.05) is 6.61 Å². The molecule has 0 N–H and O–H groups in total. The smallest absolute Gasteiger partial charge is 0.170 e. The highest BCUT2D eigenvalue weighted by Crippen LogP contribution is 2.44. The number of Topliss-reactive ketones (excluding diaryl/α,β-unsaturated/α-hetero) is 1. The Bertz CT molecular complexity index is 557. The number of halogens is 1. The number of fused-ring (bicyclic) bond motifs is 1. The molecule has 0 amide bonds. The van der Waals surface area contributed by atoms with Crippen molar-refractivity contribution in [1.29, 1.82) is 0 Å². The minimum atomic E-state index is -0.395. The molecule has 2 heterocycles. The fraction of sp³-hybridized carbons (Fsp3) is 0.562. The van der Waals surface area contributed by atoms with E-state index in [4.69, 9.17) is 9.47 Å². The zero-order valence-corrected chi connectivity index (χ0v) is 13.5. The predicted molar refractivity (Wildman–Crippen MR) is 80.3 cm³/mol. The number of carbonyl (C=O) groups excluding carboxylic acids is 1. The number of benzene rings is 1. The van der Waals surface area contributed by atoms with Gasteiger partial charge in [0.05, 0.1) is 24.2 Å². The Labute approximate surface area is 127 Å². The molecule has 4 heteroatoms. The van der Waals surface area contributed by atoms with Crippen LogP contribution in [0.15, 0.2) is 22.7 Å². The lowest BCUT2D eigenvalue weighted by molar-refractivity contribution is -0.144. The van der Waals surface area contributed by atoms with Crippen LogP contribution in [0.25, 0.3) is 0 Å². The van der Waals surface area contributed by atoms with E-state index in [2.05, 4.69) is 29.8 Å². The van der Waals surface area contributed by atoms with E-state index in [1.54, 1.807) is 0 Å². The van der Waals surface area contributed by atoms with Crippen LogP contribution in [0, 0.1) is 0 Å². The first-order chi connectivity index (χ1) is 9.45. The van der Waals surface area contributed by atoms with E-state index in [9.17, 15) is 4.79 Å². The van der Waals surface area contributed by atoms with E-state index in [1.165, 1.54) is 0 Å². The van der Waals surface area contributed by atoms with Gasteiger partial charge in [0.25, 0.3) is 0 Å². The first-order valence-corrected chi connectivity index (χ1v) is 7.90. The van der Waals surface area contributed by atoms with Crippen LogP contribution in [-0.2, 0) is 4.74 Å². The summed E-state index contributed by atoms with van der Waals surface area (Å²) in [6, 6.07) is 5.62. The van der Waals surface area contributed by atoms with Crippen molar-refractivity contribution in [2.24, 2.45) is 0 Å². The van der Waals surface area contributed by atoms with E-state index in [1.807, 2.05) is 18.2 Å². The standard InChI is InChI=1S/C16H19BrO3/c1-3-15(2)10-16(6-7-19-15)9-13(18)12-5-4-11(17)8-14(12)20-16/h4-5,8H,3,6-7,9-10H2,1-2H3. The fourth-order valence-electron chi connectivity index (χ4n) is 3.24. The van der Waals surface area contributed by atoms with Crippen LogP contribution < -0.4 is 4.74 Å². The third-order valence-corrected chi connectivity index (χ3v) is 5.00. The molecule has 3 rings (SSSR count). The minimum Gasteiger partial charge on any atom is -0.486 e. The molecule has 2 atom stereocenters.